The van der Waals surface area contributed by atoms with Crippen molar-refractivity contribution < 1.29 is 19.4 Å². The highest BCUT2D eigenvalue weighted by molar-refractivity contribution is 5.95. The zero-order valence-corrected chi connectivity index (χ0v) is 11.8. The molecule has 0 fully saturated rings. The van der Waals surface area contributed by atoms with Gasteiger partial charge < -0.3 is 19.5 Å². The first kappa shape index (κ1) is 14.4. The average Bonchev–Trinajstić information content (AvgIpc) is 2.47. The zero-order valence-electron chi connectivity index (χ0n) is 11.8. The number of aromatic carboxylic acids is 1. The molecule has 0 unspecified atom stereocenters. The van der Waals surface area contributed by atoms with Crippen LogP contribution in [-0.2, 0) is 4.74 Å². The minimum absolute atomic E-state index is 0.300. The van der Waals surface area contributed by atoms with Crippen LogP contribution in [0.2, 0.25) is 0 Å². The van der Waals surface area contributed by atoms with Gasteiger partial charge in [0.15, 0.2) is 0 Å². The number of anilines is 1. The third-order valence-corrected chi connectivity index (χ3v) is 3.41. The lowest BCUT2D eigenvalue weighted by Gasteiger charge is -2.29. The predicted octanol–water partition coefficient (Wildman–Crippen LogP) is 2.18. The van der Waals surface area contributed by atoms with Gasteiger partial charge in [-0.25, -0.2) is 4.79 Å². The van der Waals surface area contributed by atoms with Gasteiger partial charge >= 0.3 is 5.97 Å². The number of benzene rings is 1. The topological polar surface area (TPSA) is 59.0 Å². The van der Waals surface area contributed by atoms with Gasteiger partial charge in [-0.2, -0.15) is 0 Å². The van der Waals surface area contributed by atoms with E-state index >= 15 is 0 Å². The van der Waals surface area contributed by atoms with E-state index in [0.29, 0.717) is 30.2 Å². The molecule has 0 spiro atoms. The summed E-state index contributed by atoms with van der Waals surface area (Å²) in [5, 5.41) is 9.29. The molecule has 1 aromatic rings. The fourth-order valence-electron chi connectivity index (χ4n) is 2.33. The van der Waals surface area contributed by atoms with Crippen molar-refractivity contribution in [2.75, 3.05) is 38.8 Å². The number of carboxylic acid groups (broad SMARTS) is 1. The smallest absolute Gasteiger partial charge is 0.337 e. The normalized spacial score (nSPS) is 14.9. The molecule has 0 saturated heterocycles. The molecule has 0 atom stereocenters. The Morgan fingerprint density at radius 1 is 1.40 bits per heavy atom. The first-order valence-electron chi connectivity index (χ1n) is 6.49. The summed E-state index contributed by atoms with van der Waals surface area (Å²) in [6.45, 7) is 2.10. The first-order valence-corrected chi connectivity index (χ1v) is 6.49. The van der Waals surface area contributed by atoms with Crippen LogP contribution >= 0.6 is 0 Å². The molecule has 0 radical (unpaired) electrons. The Balaban J connectivity index is 2.26. The van der Waals surface area contributed by atoms with Crippen LogP contribution in [0.25, 0.3) is 0 Å². The lowest BCUT2D eigenvalue weighted by molar-refractivity contribution is 0.0697. The Bertz CT molecular complexity index is 525. The summed E-state index contributed by atoms with van der Waals surface area (Å²) >= 11 is 0. The lowest BCUT2D eigenvalue weighted by Crippen LogP contribution is -2.30. The van der Waals surface area contributed by atoms with Crippen molar-refractivity contribution in [3.8, 4) is 5.75 Å². The van der Waals surface area contributed by atoms with Gasteiger partial charge in [0.1, 0.15) is 5.75 Å². The molecule has 5 nitrogen and oxygen atoms in total. The maximum absolute atomic E-state index is 11.3. The summed E-state index contributed by atoms with van der Waals surface area (Å²) in [5.41, 5.74) is 2.25. The van der Waals surface area contributed by atoms with E-state index in [0.717, 1.165) is 13.0 Å². The maximum Gasteiger partial charge on any atom is 0.337 e. The SMILES string of the molecule is COCC1=CCN(c2cc(OC)ccc2C(=O)O)CC1. The van der Waals surface area contributed by atoms with Gasteiger partial charge in [-0.1, -0.05) is 6.08 Å². The van der Waals surface area contributed by atoms with Gasteiger partial charge in [0.05, 0.1) is 25.0 Å². The molecule has 20 heavy (non-hydrogen) atoms. The summed E-state index contributed by atoms with van der Waals surface area (Å²) in [6.07, 6.45) is 2.97. The van der Waals surface area contributed by atoms with Crippen LogP contribution in [0.4, 0.5) is 5.69 Å². The van der Waals surface area contributed by atoms with Crippen molar-refractivity contribution in [1.29, 1.82) is 0 Å². The highest BCUT2D eigenvalue weighted by atomic mass is 16.5. The highest BCUT2D eigenvalue weighted by Gasteiger charge is 2.19. The average molecular weight is 277 g/mol. The first-order chi connectivity index (χ1) is 9.65. The molecule has 0 amide bonds. The summed E-state index contributed by atoms with van der Waals surface area (Å²) in [4.78, 5) is 13.4. The van der Waals surface area contributed by atoms with Gasteiger partial charge in [0.2, 0.25) is 0 Å². The van der Waals surface area contributed by atoms with Crippen LogP contribution in [0, 0.1) is 0 Å². The molecule has 5 heteroatoms. The maximum atomic E-state index is 11.3. The van der Waals surface area contributed by atoms with E-state index in [2.05, 4.69) is 6.08 Å². The second kappa shape index (κ2) is 6.43. The van der Waals surface area contributed by atoms with Crippen molar-refractivity contribution >= 4 is 11.7 Å². The van der Waals surface area contributed by atoms with Gasteiger partial charge in [0.25, 0.3) is 0 Å². The summed E-state index contributed by atoms with van der Waals surface area (Å²) in [6, 6.07) is 5.03. The molecular formula is C15H19NO4. The second-order valence-electron chi connectivity index (χ2n) is 4.68. The molecule has 0 aromatic heterocycles. The molecule has 108 valence electrons. The van der Waals surface area contributed by atoms with Crippen LogP contribution in [-0.4, -0.2) is 45.0 Å². The number of rotatable bonds is 5. The highest BCUT2D eigenvalue weighted by Crippen LogP contribution is 2.28. The number of hydrogen-bond donors (Lipinski definition) is 1. The van der Waals surface area contributed by atoms with E-state index < -0.39 is 5.97 Å². The molecule has 1 aliphatic rings. The van der Waals surface area contributed by atoms with Gasteiger partial charge in [-0.3, -0.25) is 0 Å². The van der Waals surface area contributed by atoms with E-state index in [4.69, 9.17) is 9.47 Å². The quantitative estimate of drug-likeness (QED) is 0.836. The van der Waals surface area contributed by atoms with E-state index in [9.17, 15) is 9.90 Å². The van der Waals surface area contributed by atoms with Crippen LogP contribution in [0.1, 0.15) is 16.8 Å². The van der Waals surface area contributed by atoms with Gasteiger partial charge in [-0.05, 0) is 24.1 Å². The van der Waals surface area contributed by atoms with Crippen LogP contribution in [0.15, 0.2) is 29.8 Å². The van der Waals surface area contributed by atoms with Crippen molar-refractivity contribution in [3.63, 3.8) is 0 Å². The van der Waals surface area contributed by atoms with E-state index in [1.807, 2.05) is 4.90 Å². The Morgan fingerprint density at radius 3 is 2.75 bits per heavy atom. The minimum Gasteiger partial charge on any atom is -0.497 e. The fraction of sp³-hybridized carbons (Fsp3) is 0.400. The van der Waals surface area contributed by atoms with Crippen LogP contribution < -0.4 is 9.64 Å². The third-order valence-electron chi connectivity index (χ3n) is 3.41. The monoisotopic (exact) mass is 277 g/mol. The minimum atomic E-state index is -0.922. The van der Waals surface area contributed by atoms with Crippen LogP contribution in [0.5, 0.6) is 5.75 Å². The van der Waals surface area contributed by atoms with Crippen molar-refractivity contribution in [1.82, 2.24) is 0 Å². The standard InChI is InChI=1S/C15H19NO4/c1-19-10-11-5-7-16(8-6-11)14-9-12(20-2)3-4-13(14)15(17)18/h3-5,9H,6-8,10H2,1-2H3,(H,17,18). The molecule has 2 rings (SSSR count). The van der Waals surface area contributed by atoms with Crippen molar-refractivity contribution in [2.45, 2.75) is 6.42 Å². The molecule has 0 saturated carbocycles. The Hall–Kier alpha value is -2.01. The molecule has 1 heterocycles. The van der Waals surface area contributed by atoms with E-state index in [-0.39, 0.29) is 0 Å². The Kier molecular flexibility index (Phi) is 4.63. The third kappa shape index (κ3) is 3.11. The van der Waals surface area contributed by atoms with Crippen molar-refractivity contribution in [2.24, 2.45) is 0 Å². The van der Waals surface area contributed by atoms with E-state index in [1.54, 1.807) is 32.4 Å². The number of methoxy groups -OCH3 is 2. The van der Waals surface area contributed by atoms with Crippen molar-refractivity contribution in [3.05, 3.63) is 35.4 Å². The number of carbonyl (C=O) groups is 1. The predicted molar refractivity (Wildman–Crippen MR) is 76.7 cm³/mol. The largest absolute Gasteiger partial charge is 0.497 e. The van der Waals surface area contributed by atoms with Crippen LogP contribution in [0.3, 0.4) is 0 Å². The number of hydrogen-bond acceptors (Lipinski definition) is 4. The van der Waals surface area contributed by atoms with Gasteiger partial charge in [0, 0.05) is 26.3 Å². The number of ether oxygens (including phenoxy) is 2. The summed E-state index contributed by atoms with van der Waals surface area (Å²) in [5.74, 6) is -0.258. The molecule has 1 aliphatic heterocycles. The zero-order chi connectivity index (χ0) is 14.5. The summed E-state index contributed by atoms with van der Waals surface area (Å²) < 4.78 is 10.3. The molecule has 1 aromatic carbocycles. The Morgan fingerprint density at radius 2 is 2.20 bits per heavy atom. The molecular weight excluding hydrogens is 258 g/mol. The molecule has 1 N–H and O–H groups in total. The molecule has 0 bridgehead atoms. The fourth-order valence-corrected chi connectivity index (χ4v) is 2.33. The number of carboxylic acids is 1. The molecule has 0 aliphatic carbocycles. The number of nitrogens with zero attached hydrogens (tertiary/aromatic N) is 1. The van der Waals surface area contributed by atoms with E-state index in [1.165, 1.54) is 5.57 Å². The second-order valence-corrected chi connectivity index (χ2v) is 4.68. The summed E-state index contributed by atoms with van der Waals surface area (Å²) in [7, 11) is 3.25. The Labute approximate surface area is 118 Å². The lowest BCUT2D eigenvalue weighted by atomic mass is 10.1. The van der Waals surface area contributed by atoms with Gasteiger partial charge in [-0.15, -0.1) is 0 Å².